The van der Waals surface area contributed by atoms with Gasteiger partial charge in [0.25, 0.3) is 0 Å². The number of likely N-dealkylation sites (tertiary alicyclic amines) is 1. The monoisotopic (exact) mass is 503 g/mol. The first-order valence-corrected chi connectivity index (χ1v) is 13.2. The van der Waals surface area contributed by atoms with Gasteiger partial charge in [-0.15, -0.1) is 0 Å². The van der Waals surface area contributed by atoms with Crippen LogP contribution in [-0.2, 0) is 24.3 Å². The molecule has 2 aromatic carbocycles. The summed E-state index contributed by atoms with van der Waals surface area (Å²) in [6.07, 6.45) is 1.60. The smallest absolute Gasteiger partial charge is 0.309 e. The number of ether oxygens (including phenoxy) is 1. The summed E-state index contributed by atoms with van der Waals surface area (Å²) in [6, 6.07) is 11.3. The van der Waals surface area contributed by atoms with Crippen LogP contribution >= 0.6 is 0 Å². The maximum Gasteiger partial charge on any atom is 0.309 e. The van der Waals surface area contributed by atoms with E-state index in [-0.39, 0.29) is 35.1 Å². The van der Waals surface area contributed by atoms with Gasteiger partial charge in [0, 0.05) is 19.6 Å². The number of esters is 1. The van der Waals surface area contributed by atoms with Gasteiger partial charge in [-0.05, 0) is 55.5 Å². The average molecular weight is 504 g/mol. The highest BCUT2D eigenvalue weighted by Gasteiger charge is 2.33. The van der Waals surface area contributed by atoms with Crippen molar-refractivity contribution in [3.8, 4) is 0 Å². The third-order valence-electron chi connectivity index (χ3n) is 6.04. The number of fused-ring (bicyclic) bond motifs is 1. The fraction of sp³-hybridized carbons (Fsp3) is 0.458. The predicted octanol–water partition coefficient (Wildman–Crippen LogP) is 1.55. The Hall–Kier alpha value is -3.18. The molecule has 0 aromatic heterocycles. The highest BCUT2D eigenvalue weighted by Crippen LogP contribution is 2.22. The zero-order valence-corrected chi connectivity index (χ0v) is 20.6. The van der Waals surface area contributed by atoms with Crippen LogP contribution in [0, 0.1) is 11.3 Å². The molecule has 190 valence electrons. The van der Waals surface area contributed by atoms with Crippen LogP contribution in [0.2, 0.25) is 0 Å². The van der Waals surface area contributed by atoms with Crippen LogP contribution in [0.4, 0.5) is 0 Å². The maximum atomic E-state index is 13.3. The van der Waals surface area contributed by atoms with E-state index < -0.39 is 16.1 Å². The van der Waals surface area contributed by atoms with Crippen LogP contribution in [0.25, 0.3) is 10.8 Å². The molecule has 3 rings (SSSR count). The van der Waals surface area contributed by atoms with Crippen molar-refractivity contribution in [1.29, 1.82) is 5.41 Å². The van der Waals surface area contributed by atoms with Crippen LogP contribution in [-0.4, -0.2) is 63.4 Å². The first-order valence-electron chi connectivity index (χ1n) is 11.8. The molecule has 11 heteroatoms. The van der Waals surface area contributed by atoms with Crippen LogP contribution in [0.15, 0.2) is 47.4 Å². The van der Waals surface area contributed by atoms with E-state index in [2.05, 4.69) is 10.0 Å². The average Bonchev–Trinajstić information content (AvgIpc) is 2.85. The maximum absolute atomic E-state index is 13.3. The summed E-state index contributed by atoms with van der Waals surface area (Å²) in [7, 11) is -3.98. The summed E-state index contributed by atoms with van der Waals surface area (Å²) in [5.74, 6) is -1.04. The molecule has 2 aromatic rings. The van der Waals surface area contributed by atoms with Gasteiger partial charge in [0.2, 0.25) is 15.9 Å². The van der Waals surface area contributed by atoms with Crippen molar-refractivity contribution in [2.24, 2.45) is 11.7 Å². The van der Waals surface area contributed by atoms with E-state index in [1.54, 1.807) is 24.0 Å². The molecule has 1 unspecified atom stereocenters. The number of guanidine groups is 1. The molecule has 1 aliphatic heterocycles. The van der Waals surface area contributed by atoms with Gasteiger partial charge in [-0.1, -0.05) is 30.3 Å². The Bertz CT molecular complexity index is 1160. The lowest BCUT2D eigenvalue weighted by Crippen LogP contribution is -2.51. The van der Waals surface area contributed by atoms with Crippen molar-refractivity contribution in [1.82, 2.24) is 14.9 Å². The van der Waals surface area contributed by atoms with Crippen molar-refractivity contribution in [3.05, 3.63) is 42.5 Å². The SMILES string of the molecule is CCOC(=O)C1CCN(C(=O)C(CCCNC(=N)N)NS(=O)(=O)c2ccc3ccccc3c2)CC1. The first-order chi connectivity index (χ1) is 16.7. The summed E-state index contributed by atoms with van der Waals surface area (Å²) in [5, 5.41) is 11.6. The number of amides is 1. The van der Waals surface area contributed by atoms with Gasteiger partial charge in [0.1, 0.15) is 6.04 Å². The van der Waals surface area contributed by atoms with Gasteiger partial charge in [-0.2, -0.15) is 4.72 Å². The first kappa shape index (κ1) is 26.4. The van der Waals surface area contributed by atoms with Crippen LogP contribution in [0.5, 0.6) is 0 Å². The second-order valence-electron chi connectivity index (χ2n) is 8.52. The third-order valence-corrected chi connectivity index (χ3v) is 7.51. The van der Waals surface area contributed by atoms with E-state index in [1.165, 1.54) is 6.07 Å². The number of nitrogens with two attached hydrogens (primary N) is 1. The molecule has 0 radical (unpaired) electrons. The minimum Gasteiger partial charge on any atom is -0.466 e. The number of benzene rings is 2. The number of carbonyl (C=O) groups is 2. The van der Waals surface area contributed by atoms with Crippen molar-refractivity contribution in [2.45, 2.75) is 43.5 Å². The molecule has 10 nitrogen and oxygen atoms in total. The molecule has 1 heterocycles. The van der Waals surface area contributed by atoms with E-state index in [1.807, 2.05) is 24.3 Å². The minimum absolute atomic E-state index is 0.0804. The number of carbonyl (C=O) groups excluding carboxylic acids is 2. The number of rotatable bonds is 10. The van der Waals surface area contributed by atoms with E-state index in [9.17, 15) is 18.0 Å². The standard InChI is InChI=1S/C24H33N5O5S/c1-2-34-23(31)18-11-14-29(15-12-18)22(30)21(8-5-13-27-24(25)26)28-35(32,33)20-10-9-17-6-3-4-7-19(17)16-20/h3-4,6-7,9-10,16,18,21,28H,2,5,8,11-15H2,1H3,(H4,25,26,27). The Morgan fingerprint density at radius 1 is 1.17 bits per heavy atom. The Balaban J connectivity index is 1.73. The number of nitrogens with one attached hydrogen (secondary N) is 3. The van der Waals surface area contributed by atoms with E-state index in [0.717, 1.165) is 10.8 Å². The molecular weight excluding hydrogens is 470 g/mol. The second kappa shape index (κ2) is 12.0. The normalized spacial score (nSPS) is 15.5. The minimum atomic E-state index is -3.98. The lowest BCUT2D eigenvalue weighted by atomic mass is 9.96. The summed E-state index contributed by atoms with van der Waals surface area (Å²) in [5.41, 5.74) is 5.32. The molecule has 0 aliphatic carbocycles. The molecular formula is C24H33N5O5S. The van der Waals surface area contributed by atoms with Gasteiger partial charge < -0.3 is 20.7 Å². The quantitative estimate of drug-likeness (QED) is 0.166. The lowest BCUT2D eigenvalue weighted by Gasteiger charge is -2.33. The van der Waals surface area contributed by atoms with Crippen LogP contribution < -0.4 is 15.8 Å². The lowest BCUT2D eigenvalue weighted by molar-refractivity contribution is -0.151. The van der Waals surface area contributed by atoms with E-state index in [4.69, 9.17) is 15.9 Å². The Morgan fingerprint density at radius 3 is 2.51 bits per heavy atom. The second-order valence-corrected chi connectivity index (χ2v) is 10.2. The summed E-state index contributed by atoms with van der Waals surface area (Å²) in [6.45, 7) is 3.10. The van der Waals surface area contributed by atoms with Crippen molar-refractivity contribution in [3.63, 3.8) is 0 Å². The highest BCUT2D eigenvalue weighted by molar-refractivity contribution is 7.89. The van der Waals surface area contributed by atoms with E-state index in [0.29, 0.717) is 45.5 Å². The van der Waals surface area contributed by atoms with Crippen LogP contribution in [0.3, 0.4) is 0 Å². The number of piperidine rings is 1. The van der Waals surface area contributed by atoms with Gasteiger partial charge in [0.05, 0.1) is 17.4 Å². The van der Waals surface area contributed by atoms with Crippen LogP contribution in [0.1, 0.15) is 32.6 Å². The molecule has 1 amide bonds. The number of hydrogen-bond donors (Lipinski definition) is 4. The van der Waals surface area contributed by atoms with Crippen molar-refractivity contribution in [2.75, 3.05) is 26.2 Å². The zero-order chi connectivity index (χ0) is 25.4. The van der Waals surface area contributed by atoms with Gasteiger partial charge in [-0.25, -0.2) is 8.42 Å². The molecule has 1 atom stereocenters. The number of hydrogen-bond acceptors (Lipinski definition) is 6. The molecule has 1 aliphatic rings. The molecule has 0 bridgehead atoms. The number of nitrogens with zero attached hydrogens (tertiary/aromatic N) is 1. The molecule has 1 saturated heterocycles. The zero-order valence-electron chi connectivity index (χ0n) is 19.8. The Morgan fingerprint density at radius 2 is 1.86 bits per heavy atom. The van der Waals surface area contributed by atoms with Crippen molar-refractivity contribution < 1.29 is 22.7 Å². The summed E-state index contributed by atoms with van der Waals surface area (Å²) in [4.78, 5) is 27.0. The van der Waals surface area contributed by atoms with Gasteiger partial charge in [0.15, 0.2) is 5.96 Å². The fourth-order valence-electron chi connectivity index (χ4n) is 4.17. The molecule has 0 spiro atoms. The summed E-state index contributed by atoms with van der Waals surface area (Å²) >= 11 is 0. The third kappa shape index (κ3) is 7.15. The largest absolute Gasteiger partial charge is 0.466 e. The topological polar surface area (TPSA) is 155 Å². The molecule has 5 N–H and O–H groups in total. The Kier molecular flexibility index (Phi) is 9.05. The molecule has 0 saturated carbocycles. The summed E-state index contributed by atoms with van der Waals surface area (Å²) < 4.78 is 34.1. The fourth-order valence-corrected chi connectivity index (χ4v) is 5.43. The van der Waals surface area contributed by atoms with Gasteiger partial charge >= 0.3 is 5.97 Å². The van der Waals surface area contributed by atoms with E-state index >= 15 is 0 Å². The molecule has 35 heavy (non-hydrogen) atoms. The van der Waals surface area contributed by atoms with Gasteiger partial charge in [-0.3, -0.25) is 15.0 Å². The number of sulfonamides is 1. The predicted molar refractivity (Wildman–Crippen MR) is 133 cm³/mol. The van der Waals surface area contributed by atoms with Crippen molar-refractivity contribution >= 4 is 38.6 Å². The Labute approximate surface area is 205 Å². The molecule has 1 fully saturated rings. The highest BCUT2D eigenvalue weighted by atomic mass is 32.2.